The molecule has 2 aliphatic rings. The van der Waals surface area contributed by atoms with Crippen LogP contribution in [0.3, 0.4) is 0 Å². The molecule has 0 atom stereocenters. The molecule has 27 heavy (non-hydrogen) atoms. The number of rotatable bonds is 1. The number of anilines is 3. The molecule has 0 amide bonds. The van der Waals surface area contributed by atoms with Crippen LogP contribution in [-0.4, -0.2) is 16.6 Å². The summed E-state index contributed by atoms with van der Waals surface area (Å²) in [6, 6.07) is 10.7. The molecule has 1 aromatic carbocycles. The van der Waals surface area contributed by atoms with E-state index in [1.54, 1.807) is 0 Å². The van der Waals surface area contributed by atoms with Gasteiger partial charge < -0.3 is 4.74 Å². The van der Waals surface area contributed by atoms with Gasteiger partial charge in [-0.05, 0) is 61.6 Å². The molecule has 0 radical (unpaired) electrons. The van der Waals surface area contributed by atoms with Crippen molar-refractivity contribution in [2.75, 3.05) is 11.5 Å². The second-order valence-corrected chi connectivity index (χ2v) is 7.24. The number of aromatic nitrogens is 2. The Hall–Kier alpha value is -3.14. The number of hydrogen-bond acceptors (Lipinski definition) is 4. The summed E-state index contributed by atoms with van der Waals surface area (Å²) in [6.07, 6.45) is 10.2. The highest BCUT2D eigenvalue weighted by Gasteiger charge is 2.27. The van der Waals surface area contributed by atoms with E-state index in [9.17, 15) is 0 Å². The van der Waals surface area contributed by atoms with Crippen molar-refractivity contribution >= 4 is 29.5 Å². The maximum Gasteiger partial charge on any atom is 0.146 e. The van der Waals surface area contributed by atoms with Crippen LogP contribution >= 0.6 is 0 Å². The van der Waals surface area contributed by atoms with Crippen LogP contribution in [-0.2, 0) is 6.42 Å². The monoisotopic (exact) mass is 355 g/mol. The summed E-state index contributed by atoms with van der Waals surface area (Å²) in [5, 5.41) is 0. The third-order valence-electron chi connectivity index (χ3n) is 5.08. The third-order valence-corrected chi connectivity index (χ3v) is 5.08. The van der Waals surface area contributed by atoms with Crippen LogP contribution in [0.15, 0.2) is 42.7 Å². The number of hydrogen-bond donors (Lipinski definition) is 0. The number of pyridine rings is 2. The van der Waals surface area contributed by atoms with Gasteiger partial charge in [0.15, 0.2) is 0 Å². The number of aryl methyl sites for hydroxylation is 3. The zero-order valence-electron chi connectivity index (χ0n) is 15.6. The molecule has 4 nitrogen and oxygen atoms in total. The minimum absolute atomic E-state index is 0.748. The van der Waals surface area contributed by atoms with Crippen molar-refractivity contribution in [2.24, 2.45) is 0 Å². The summed E-state index contributed by atoms with van der Waals surface area (Å²) >= 11 is 0. The van der Waals surface area contributed by atoms with Gasteiger partial charge in [-0.3, -0.25) is 4.90 Å². The van der Waals surface area contributed by atoms with Crippen LogP contribution in [0.5, 0.6) is 5.75 Å². The van der Waals surface area contributed by atoms with Gasteiger partial charge in [-0.1, -0.05) is 24.3 Å². The maximum atomic E-state index is 6.11. The van der Waals surface area contributed by atoms with Gasteiger partial charge in [0.25, 0.3) is 0 Å². The Labute approximate surface area is 159 Å². The topological polar surface area (TPSA) is 38.2 Å². The van der Waals surface area contributed by atoms with Gasteiger partial charge in [-0.2, -0.15) is 0 Å². The van der Waals surface area contributed by atoms with E-state index < -0.39 is 0 Å². The standard InChI is InChI=1S/C23H21N3O/c1-15-11-18-8-9-19-12-16(2)14-25-23(19)26(22(18)24-13-15)20-7-3-5-17-6-4-10-27-21(17)20/h3,5,7-9,11-14H,4,6,10H2,1-2H3. The van der Waals surface area contributed by atoms with Crippen molar-refractivity contribution in [3.8, 4) is 5.75 Å². The fourth-order valence-corrected chi connectivity index (χ4v) is 3.84. The van der Waals surface area contributed by atoms with E-state index in [0.29, 0.717) is 0 Å². The highest BCUT2D eigenvalue weighted by Crippen LogP contribution is 2.45. The first-order valence-electron chi connectivity index (χ1n) is 9.37. The Bertz CT molecular complexity index is 1020. The van der Waals surface area contributed by atoms with E-state index in [0.717, 1.165) is 64.8 Å². The summed E-state index contributed by atoms with van der Waals surface area (Å²) < 4.78 is 6.11. The zero-order chi connectivity index (χ0) is 18.4. The molecular weight excluding hydrogens is 334 g/mol. The van der Waals surface area contributed by atoms with Gasteiger partial charge >= 0.3 is 0 Å². The Morgan fingerprint density at radius 1 is 0.926 bits per heavy atom. The second kappa shape index (κ2) is 6.23. The van der Waals surface area contributed by atoms with Crippen molar-refractivity contribution in [3.05, 3.63) is 70.5 Å². The molecule has 0 saturated heterocycles. The molecule has 0 saturated carbocycles. The van der Waals surface area contributed by atoms with Gasteiger partial charge in [0.1, 0.15) is 17.4 Å². The maximum absolute atomic E-state index is 6.11. The molecule has 0 N–H and O–H groups in total. The quantitative estimate of drug-likeness (QED) is 0.460. The SMILES string of the molecule is Cc1cnc2c(c1)C=Cc1cc(C)cnc1N2c1cccc2c1OCCC2. The highest BCUT2D eigenvalue weighted by atomic mass is 16.5. The van der Waals surface area contributed by atoms with Crippen LogP contribution in [0.2, 0.25) is 0 Å². The summed E-state index contributed by atoms with van der Waals surface area (Å²) in [6.45, 7) is 4.89. The normalized spacial score (nSPS) is 14.7. The molecule has 0 aliphatic carbocycles. The summed E-state index contributed by atoms with van der Waals surface area (Å²) in [5.41, 5.74) is 6.70. The van der Waals surface area contributed by atoms with E-state index >= 15 is 0 Å². The van der Waals surface area contributed by atoms with Gasteiger partial charge in [0.05, 0.1) is 12.3 Å². The minimum Gasteiger partial charge on any atom is -0.491 e. The van der Waals surface area contributed by atoms with Gasteiger partial charge in [0.2, 0.25) is 0 Å². The molecule has 0 unspecified atom stereocenters. The van der Waals surface area contributed by atoms with Crippen molar-refractivity contribution in [3.63, 3.8) is 0 Å². The van der Waals surface area contributed by atoms with Crippen molar-refractivity contribution in [2.45, 2.75) is 26.7 Å². The van der Waals surface area contributed by atoms with Crippen molar-refractivity contribution in [1.82, 2.24) is 9.97 Å². The fraction of sp³-hybridized carbons (Fsp3) is 0.217. The van der Waals surface area contributed by atoms with Gasteiger partial charge in [0, 0.05) is 23.5 Å². The lowest BCUT2D eigenvalue weighted by atomic mass is 10.0. The Kier molecular flexibility index (Phi) is 3.71. The van der Waals surface area contributed by atoms with Crippen LogP contribution in [0, 0.1) is 13.8 Å². The Morgan fingerprint density at radius 3 is 2.26 bits per heavy atom. The second-order valence-electron chi connectivity index (χ2n) is 7.24. The Morgan fingerprint density at radius 2 is 1.59 bits per heavy atom. The lowest BCUT2D eigenvalue weighted by molar-refractivity contribution is 0.289. The molecule has 2 aromatic heterocycles. The molecule has 0 bridgehead atoms. The van der Waals surface area contributed by atoms with Crippen LogP contribution in [0.25, 0.3) is 12.2 Å². The molecule has 5 rings (SSSR count). The predicted octanol–water partition coefficient (Wildman–Crippen LogP) is 5.37. The number of benzene rings is 1. The predicted molar refractivity (Wildman–Crippen MR) is 109 cm³/mol. The van der Waals surface area contributed by atoms with Crippen molar-refractivity contribution in [1.29, 1.82) is 0 Å². The minimum atomic E-state index is 0.748. The lowest BCUT2D eigenvalue weighted by Gasteiger charge is -2.29. The molecule has 0 fully saturated rings. The number of fused-ring (bicyclic) bond motifs is 3. The van der Waals surface area contributed by atoms with Crippen molar-refractivity contribution < 1.29 is 4.74 Å². The molecule has 0 spiro atoms. The largest absolute Gasteiger partial charge is 0.491 e. The van der Waals surface area contributed by atoms with Crippen LogP contribution in [0.4, 0.5) is 17.3 Å². The molecular formula is C23H21N3O. The summed E-state index contributed by atoms with van der Waals surface area (Å²) in [7, 11) is 0. The number of nitrogens with zero attached hydrogens (tertiary/aromatic N) is 3. The van der Waals surface area contributed by atoms with E-state index in [4.69, 9.17) is 14.7 Å². The Balaban J connectivity index is 1.80. The van der Waals surface area contributed by atoms with Crippen LogP contribution in [0.1, 0.15) is 34.2 Å². The highest BCUT2D eigenvalue weighted by molar-refractivity contribution is 5.92. The number of ether oxygens (including phenoxy) is 1. The summed E-state index contributed by atoms with van der Waals surface area (Å²) in [4.78, 5) is 11.7. The van der Waals surface area contributed by atoms with Gasteiger partial charge in [-0.25, -0.2) is 9.97 Å². The summed E-state index contributed by atoms with van der Waals surface area (Å²) in [5.74, 6) is 2.72. The average molecular weight is 355 g/mol. The molecule has 134 valence electrons. The van der Waals surface area contributed by atoms with E-state index in [1.807, 2.05) is 12.4 Å². The first-order chi connectivity index (χ1) is 13.2. The van der Waals surface area contributed by atoms with Crippen LogP contribution < -0.4 is 9.64 Å². The average Bonchev–Trinajstić information content (AvgIpc) is 2.84. The first-order valence-corrected chi connectivity index (χ1v) is 9.37. The van der Waals surface area contributed by atoms with E-state index in [1.165, 1.54) is 5.56 Å². The fourth-order valence-electron chi connectivity index (χ4n) is 3.84. The van der Waals surface area contributed by atoms with E-state index in [2.05, 4.69) is 61.2 Å². The molecule has 2 aliphatic heterocycles. The van der Waals surface area contributed by atoms with Gasteiger partial charge in [-0.15, -0.1) is 0 Å². The molecule has 3 aromatic rings. The lowest BCUT2D eigenvalue weighted by Crippen LogP contribution is -2.18. The van der Waals surface area contributed by atoms with E-state index in [-0.39, 0.29) is 0 Å². The smallest absolute Gasteiger partial charge is 0.146 e. The molecule has 4 heteroatoms. The zero-order valence-corrected chi connectivity index (χ0v) is 15.6. The molecule has 4 heterocycles. The third kappa shape index (κ3) is 2.69. The number of para-hydroxylation sites is 1. The first kappa shape index (κ1) is 16.1.